The van der Waals surface area contributed by atoms with Gasteiger partial charge < -0.3 is 14.2 Å². The number of carbonyl (C=O) groups is 3. The van der Waals surface area contributed by atoms with Crippen molar-refractivity contribution in [2.24, 2.45) is 0 Å². The van der Waals surface area contributed by atoms with Gasteiger partial charge in [0.25, 0.3) is 0 Å². The van der Waals surface area contributed by atoms with Gasteiger partial charge in [0.15, 0.2) is 6.10 Å². The molecule has 0 saturated carbocycles. The van der Waals surface area contributed by atoms with Gasteiger partial charge >= 0.3 is 17.9 Å². The van der Waals surface area contributed by atoms with E-state index in [1.54, 1.807) is 0 Å². The minimum atomic E-state index is -0.773. The van der Waals surface area contributed by atoms with Crippen LogP contribution in [0.25, 0.3) is 0 Å². The standard InChI is InChI=1S/C65H118O6/c1-4-7-10-13-16-18-20-22-24-26-28-30-31-32-33-34-36-37-39-41-43-45-47-49-52-55-58-64(67)70-61-62(60-69-63(66)57-54-51-15-12-9-6-3)71-65(68)59-56-53-50-48-46-44-42-40-38-35-29-27-25-23-21-19-17-14-11-8-5-2/h8,11,17,19,23,25,29,35,62H,4-7,9-10,12-16,18,20-22,24,26-28,30-34,36-61H2,1-3H3/b11-8-,19-17-,25-23-,35-29-. The highest BCUT2D eigenvalue weighted by atomic mass is 16.6. The molecule has 0 saturated heterocycles. The van der Waals surface area contributed by atoms with E-state index in [-0.39, 0.29) is 31.1 Å². The second-order valence-electron chi connectivity index (χ2n) is 21.0. The zero-order valence-corrected chi connectivity index (χ0v) is 47.5. The number of hydrogen-bond acceptors (Lipinski definition) is 6. The number of carbonyl (C=O) groups excluding carboxylic acids is 3. The first-order chi connectivity index (χ1) is 35.0. The molecule has 0 amide bonds. The average molecular weight is 996 g/mol. The molecule has 0 aromatic rings. The van der Waals surface area contributed by atoms with Gasteiger partial charge in [-0.1, -0.05) is 301 Å². The summed E-state index contributed by atoms with van der Waals surface area (Å²) in [6.07, 6.45) is 74.4. The van der Waals surface area contributed by atoms with Crippen LogP contribution < -0.4 is 0 Å². The van der Waals surface area contributed by atoms with Gasteiger partial charge in [-0.2, -0.15) is 0 Å². The van der Waals surface area contributed by atoms with Crippen molar-refractivity contribution in [2.45, 2.75) is 335 Å². The predicted molar refractivity (Wildman–Crippen MR) is 307 cm³/mol. The maximum absolute atomic E-state index is 12.8. The first-order valence-electron chi connectivity index (χ1n) is 31.1. The molecule has 6 nitrogen and oxygen atoms in total. The van der Waals surface area contributed by atoms with Crippen LogP contribution in [0.3, 0.4) is 0 Å². The number of unbranched alkanes of at least 4 members (excludes halogenated alkanes) is 38. The van der Waals surface area contributed by atoms with Crippen molar-refractivity contribution >= 4 is 17.9 Å². The Kier molecular flexibility index (Phi) is 57.7. The summed E-state index contributed by atoms with van der Waals surface area (Å²) in [5.41, 5.74) is 0. The lowest BCUT2D eigenvalue weighted by Crippen LogP contribution is -2.30. The fourth-order valence-corrected chi connectivity index (χ4v) is 9.20. The van der Waals surface area contributed by atoms with Crippen LogP contribution in [0, 0.1) is 0 Å². The summed E-state index contributed by atoms with van der Waals surface area (Å²) in [7, 11) is 0. The van der Waals surface area contributed by atoms with Crippen LogP contribution in [0.4, 0.5) is 0 Å². The Morgan fingerprint density at radius 3 is 0.859 bits per heavy atom. The van der Waals surface area contributed by atoms with Crippen molar-refractivity contribution in [3.63, 3.8) is 0 Å². The minimum Gasteiger partial charge on any atom is -0.462 e. The van der Waals surface area contributed by atoms with Gasteiger partial charge in [0, 0.05) is 19.3 Å². The van der Waals surface area contributed by atoms with Crippen LogP contribution in [-0.4, -0.2) is 37.2 Å². The second-order valence-corrected chi connectivity index (χ2v) is 21.0. The van der Waals surface area contributed by atoms with Crippen LogP contribution in [-0.2, 0) is 28.6 Å². The molecule has 0 fully saturated rings. The largest absolute Gasteiger partial charge is 0.462 e. The molecule has 71 heavy (non-hydrogen) atoms. The van der Waals surface area contributed by atoms with E-state index < -0.39 is 6.10 Å². The third kappa shape index (κ3) is 58.1. The number of ether oxygens (including phenoxy) is 3. The molecular weight excluding hydrogens is 877 g/mol. The maximum Gasteiger partial charge on any atom is 0.306 e. The summed E-state index contributed by atoms with van der Waals surface area (Å²) in [6.45, 7) is 6.51. The molecule has 0 aliphatic carbocycles. The zero-order valence-electron chi connectivity index (χ0n) is 47.5. The molecule has 414 valence electrons. The van der Waals surface area contributed by atoms with E-state index in [1.165, 1.54) is 199 Å². The lowest BCUT2D eigenvalue weighted by Gasteiger charge is -2.18. The number of hydrogen-bond donors (Lipinski definition) is 0. The molecule has 0 aromatic carbocycles. The van der Waals surface area contributed by atoms with E-state index >= 15 is 0 Å². The van der Waals surface area contributed by atoms with Crippen LogP contribution in [0.5, 0.6) is 0 Å². The van der Waals surface area contributed by atoms with Crippen LogP contribution >= 0.6 is 0 Å². The summed E-state index contributed by atoms with van der Waals surface area (Å²) in [5, 5.41) is 0. The van der Waals surface area contributed by atoms with Crippen molar-refractivity contribution in [2.75, 3.05) is 13.2 Å². The third-order valence-electron chi connectivity index (χ3n) is 13.8. The summed E-state index contributed by atoms with van der Waals surface area (Å²) in [4.78, 5) is 38.0. The summed E-state index contributed by atoms with van der Waals surface area (Å²) in [5.74, 6) is -0.874. The fraction of sp³-hybridized carbons (Fsp3) is 0.831. The molecule has 1 unspecified atom stereocenters. The Morgan fingerprint density at radius 1 is 0.296 bits per heavy atom. The van der Waals surface area contributed by atoms with Crippen molar-refractivity contribution < 1.29 is 28.6 Å². The van der Waals surface area contributed by atoms with Gasteiger partial charge in [0.05, 0.1) is 0 Å². The molecule has 0 rings (SSSR count). The molecular formula is C65H118O6. The van der Waals surface area contributed by atoms with Crippen LogP contribution in [0.1, 0.15) is 329 Å². The first kappa shape index (κ1) is 68.4. The Morgan fingerprint density at radius 2 is 0.549 bits per heavy atom. The molecule has 0 heterocycles. The van der Waals surface area contributed by atoms with Gasteiger partial charge in [-0.25, -0.2) is 0 Å². The normalized spacial score (nSPS) is 12.3. The monoisotopic (exact) mass is 995 g/mol. The fourth-order valence-electron chi connectivity index (χ4n) is 9.20. The topological polar surface area (TPSA) is 78.9 Å². The molecule has 0 bridgehead atoms. The first-order valence-corrected chi connectivity index (χ1v) is 31.1. The average Bonchev–Trinajstić information content (AvgIpc) is 3.37. The minimum absolute atomic E-state index is 0.0728. The summed E-state index contributed by atoms with van der Waals surface area (Å²) in [6, 6.07) is 0. The highest BCUT2D eigenvalue weighted by molar-refractivity contribution is 5.71. The third-order valence-corrected chi connectivity index (χ3v) is 13.8. The Labute approximate surface area is 441 Å². The van der Waals surface area contributed by atoms with Crippen molar-refractivity contribution in [1.82, 2.24) is 0 Å². The Bertz CT molecular complexity index is 1230. The highest BCUT2D eigenvalue weighted by Gasteiger charge is 2.19. The Balaban J connectivity index is 4.05. The van der Waals surface area contributed by atoms with Crippen LogP contribution in [0.2, 0.25) is 0 Å². The van der Waals surface area contributed by atoms with Gasteiger partial charge in [-0.05, 0) is 57.8 Å². The molecule has 0 aromatic heterocycles. The summed E-state index contributed by atoms with van der Waals surface area (Å²) < 4.78 is 16.8. The zero-order chi connectivity index (χ0) is 51.4. The van der Waals surface area contributed by atoms with Crippen molar-refractivity contribution in [1.29, 1.82) is 0 Å². The molecule has 0 aliphatic heterocycles. The molecule has 1 atom stereocenters. The number of esters is 3. The van der Waals surface area contributed by atoms with Gasteiger partial charge in [-0.3, -0.25) is 14.4 Å². The van der Waals surface area contributed by atoms with E-state index in [0.717, 1.165) is 89.9 Å². The van der Waals surface area contributed by atoms with E-state index in [1.807, 2.05) is 0 Å². The quantitative estimate of drug-likeness (QED) is 0.0261. The second kappa shape index (κ2) is 59.9. The molecule has 0 N–H and O–H groups in total. The van der Waals surface area contributed by atoms with Gasteiger partial charge in [-0.15, -0.1) is 0 Å². The molecule has 0 radical (unpaired) electrons. The van der Waals surface area contributed by atoms with E-state index in [2.05, 4.69) is 69.4 Å². The molecule has 6 heteroatoms. The predicted octanol–water partition coefficient (Wildman–Crippen LogP) is 21.0. The smallest absolute Gasteiger partial charge is 0.306 e. The Hall–Kier alpha value is -2.63. The maximum atomic E-state index is 12.8. The molecule has 0 aliphatic rings. The van der Waals surface area contributed by atoms with Gasteiger partial charge in [0.2, 0.25) is 0 Å². The highest BCUT2D eigenvalue weighted by Crippen LogP contribution is 2.18. The lowest BCUT2D eigenvalue weighted by molar-refractivity contribution is -0.167. The molecule has 0 spiro atoms. The SMILES string of the molecule is CC/C=C\C/C=C\C/C=C\C/C=C\CCCCCCCCCCC(=O)OC(COC(=O)CCCCCCCC)COC(=O)CCCCCCCCCCCCCCCCCCCCCCCCCCCC. The van der Waals surface area contributed by atoms with Crippen LogP contribution in [0.15, 0.2) is 48.6 Å². The van der Waals surface area contributed by atoms with Crippen molar-refractivity contribution in [3.8, 4) is 0 Å². The van der Waals surface area contributed by atoms with E-state index in [4.69, 9.17) is 14.2 Å². The van der Waals surface area contributed by atoms with Gasteiger partial charge in [0.1, 0.15) is 13.2 Å². The van der Waals surface area contributed by atoms with E-state index in [9.17, 15) is 14.4 Å². The van der Waals surface area contributed by atoms with Crippen molar-refractivity contribution in [3.05, 3.63) is 48.6 Å². The number of allylic oxidation sites excluding steroid dienone is 8. The lowest BCUT2D eigenvalue weighted by atomic mass is 10.0. The summed E-state index contributed by atoms with van der Waals surface area (Å²) >= 11 is 0. The van der Waals surface area contributed by atoms with E-state index in [0.29, 0.717) is 19.3 Å². The number of rotatable bonds is 57.